The number of aromatic nitrogens is 1. The summed E-state index contributed by atoms with van der Waals surface area (Å²) < 4.78 is 21.3. The number of hydrazine groups is 1. The minimum atomic E-state index is -0.164. The molecule has 0 amide bonds. The van der Waals surface area contributed by atoms with Crippen LogP contribution in [0.3, 0.4) is 0 Å². The summed E-state index contributed by atoms with van der Waals surface area (Å²) in [5.74, 6) is -0.164. The molecule has 0 aliphatic carbocycles. The van der Waals surface area contributed by atoms with E-state index in [4.69, 9.17) is 4.74 Å². The predicted molar refractivity (Wildman–Crippen MR) is 105 cm³/mol. The van der Waals surface area contributed by atoms with Gasteiger partial charge in [0.25, 0.3) is 0 Å². The minimum absolute atomic E-state index is 0.164. The maximum atomic E-state index is 13.7. The van der Waals surface area contributed by atoms with Gasteiger partial charge in [0.1, 0.15) is 5.82 Å². The Morgan fingerprint density at radius 1 is 1.22 bits per heavy atom. The molecule has 0 unspecified atom stereocenters. The van der Waals surface area contributed by atoms with Crippen molar-refractivity contribution < 1.29 is 9.13 Å². The quantitative estimate of drug-likeness (QED) is 0.839. The molecule has 0 atom stereocenters. The van der Waals surface area contributed by atoms with Crippen LogP contribution < -0.4 is 5.43 Å². The third kappa shape index (κ3) is 3.59. The molecule has 27 heavy (non-hydrogen) atoms. The van der Waals surface area contributed by atoms with Crippen LogP contribution in [-0.4, -0.2) is 47.3 Å². The third-order valence-corrected chi connectivity index (χ3v) is 5.48. The molecule has 2 aliphatic heterocycles. The summed E-state index contributed by atoms with van der Waals surface area (Å²) in [6.07, 6.45) is 7.21. The molecule has 6 heteroatoms. The zero-order valence-corrected chi connectivity index (χ0v) is 16.0. The second kappa shape index (κ2) is 7.74. The highest BCUT2D eigenvalue weighted by molar-refractivity contribution is 5.86. The second-order valence-electron chi connectivity index (χ2n) is 7.12. The Morgan fingerprint density at radius 3 is 2.81 bits per heavy atom. The number of morpholine rings is 1. The highest BCUT2D eigenvalue weighted by atomic mass is 19.1. The molecule has 1 aromatic carbocycles. The molecular weight excluding hydrogens is 343 g/mol. The Hall–Kier alpha value is -2.31. The van der Waals surface area contributed by atoms with Crippen molar-refractivity contribution in [2.24, 2.45) is 7.05 Å². The van der Waals surface area contributed by atoms with Gasteiger partial charge in [-0.15, -0.1) is 0 Å². The molecule has 1 fully saturated rings. The van der Waals surface area contributed by atoms with Gasteiger partial charge in [0, 0.05) is 49.5 Å². The van der Waals surface area contributed by atoms with Crippen LogP contribution >= 0.6 is 0 Å². The van der Waals surface area contributed by atoms with Crippen LogP contribution in [-0.2, 0) is 24.8 Å². The largest absolute Gasteiger partial charge is 0.379 e. The molecule has 144 valence electrons. The lowest BCUT2D eigenvalue weighted by atomic mass is 10.0. The van der Waals surface area contributed by atoms with Crippen molar-refractivity contribution in [2.45, 2.75) is 19.9 Å². The van der Waals surface area contributed by atoms with Crippen LogP contribution in [0.1, 0.15) is 18.2 Å². The predicted octanol–water partition coefficient (Wildman–Crippen LogP) is 2.93. The summed E-state index contributed by atoms with van der Waals surface area (Å²) in [6, 6.07) is 5.10. The van der Waals surface area contributed by atoms with Crippen LogP contribution in [0.4, 0.5) is 4.39 Å². The lowest BCUT2D eigenvalue weighted by Gasteiger charge is -2.32. The van der Waals surface area contributed by atoms with E-state index < -0.39 is 0 Å². The number of aryl methyl sites for hydroxylation is 1. The summed E-state index contributed by atoms with van der Waals surface area (Å²) in [6.45, 7) is 7.08. The summed E-state index contributed by atoms with van der Waals surface area (Å²) in [7, 11) is 2.08. The summed E-state index contributed by atoms with van der Waals surface area (Å²) >= 11 is 0. The number of ether oxygens (including phenoxy) is 1. The first kappa shape index (κ1) is 18.1. The normalized spacial score (nSPS) is 19.1. The van der Waals surface area contributed by atoms with Crippen molar-refractivity contribution in [1.29, 1.82) is 0 Å². The van der Waals surface area contributed by atoms with Gasteiger partial charge in [-0.3, -0.25) is 0 Å². The van der Waals surface area contributed by atoms with Crippen molar-refractivity contribution in [3.63, 3.8) is 0 Å². The van der Waals surface area contributed by atoms with Crippen LogP contribution in [0.15, 0.2) is 42.2 Å². The van der Waals surface area contributed by atoms with Crippen molar-refractivity contribution in [2.75, 3.05) is 32.8 Å². The van der Waals surface area contributed by atoms with Gasteiger partial charge in [0.15, 0.2) is 0 Å². The van der Waals surface area contributed by atoms with Gasteiger partial charge >= 0.3 is 0 Å². The van der Waals surface area contributed by atoms with E-state index in [9.17, 15) is 4.39 Å². The summed E-state index contributed by atoms with van der Waals surface area (Å²) in [5.41, 5.74) is 8.23. The number of rotatable bonds is 4. The number of halogens is 1. The number of hydrogen-bond acceptors (Lipinski definition) is 4. The summed E-state index contributed by atoms with van der Waals surface area (Å²) in [5, 5.41) is 3.23. The molecule has 4 rings (SSSR count). The Bertz CT molecular complexity index is 880. The van der Waals surface area contributed by atoms with E-state index >= 15 is 0 Å². The van der Waals surface area contributed by atoms with E-state index in [0.717, 1.165) is 62.4 Å². The van der Waals surface area contributed by atoms with Crippen LogP contribution in [0.5, 0.6) is 0 Å². The Balaban J connectivity index is 1.58. The zero-order chi connectivity index (χ0) is 18.8. The molecule has 0 spiro atoms. The molecule has 0 saturated carbocycles. The topological polar surface area (TPSA) is 32.7 Å². The van der Waals surface area contributed by atoms with Gasteiger partial charge in [0.05, 0.1) is 25.5 Å². The van der Waals surface area contributed by atoms with E-state index in [1.807, 2.05) is 13.0 Å². The van der Waals surface area contributed by atoms with E-state index in [-0.39, 0.29) is 5.82 Å². The number of benzene rings is 1. The number of allylic oxidation sites excluding steroid dienone is 2. The SMILES string of the molecule is C/C=C\C(=C/NN1CCOCC1)N1CCc2c(n(C)c3ccc(F)cc23)C1. The lowest BCUT2D eigenvalue weighted by Crippen LogP contribution is -2.44. The van der Waals surface area contributed by atoms with E-state index in [1.54, 1.807) is 12.1 Å². The van der Waals surface area contributed by atoms with Crippen LogP contribution in [0.25, 0.3) is 10.9 Å². The van der Waals surface area contributed by atoms with E-state index in [2.05, 4.69) is 45.3 Å². The van der Waals surface area contributed by atoms with Crippen molar-refractivity contribution in [1.82, 2.24) is 19.9 Å². The van der Waals surface area contributed by atoms with Gasteiger partial charge < -0.3 is 19.6 Å². The molecule has 5 nitrogen and oxygen atoms in total. The molecule has 1 N–H and O–H groups in total. The van der Waals surface area contributed by atoms with Gasteiger partial charge in [-0.2, -0.15) is 0 Å². The molecule has 3 heterocycles. The number of nitrogens with one attached hydrogen (secondary N) is 1. The fraction of sp³-hybridized carbons (Fsp3) is 0.429. The first-order valence-corrected chi connectivity index (χ1v) is 9.59. The Kier molecular flexibility index (Phi) is 5.18. The van der Waals surface area contributed by atoms with Gasteiger partial charge in [0.2, 0.25) is 0 Å². The zero-order valence-electron chi connectivity index (χ0n) is 16.0. The molecular formula is C21H27FN4O. The average Bonchev–Trinajstić information content (AvgIpc) is 2.97. The minimum Gasteiger partial charge on any atom is -0.379 e. The number of hydrogen-bond donors (Lipinski definition) is 1. The summed E-state index contributed by atoms with van der Waals surface area (Å²) in [4.78, 5) is 2.38. The van der Waals surface area contributed by atoms with E-state index in [1.165, 1.54) is 11.3 Å². The Morgan fingerprint density at radius 2 is 2.04 bits per heavy atom. The number of fused-ring (bicyclic) bond motifs is 3. The van der Waals surface area contributed by atoms with Gasteiger partial charge in [-0.05, 0) is 43.2 Å². The van der Waals surface area contributed by atoms with Gasteiger partial charge in [-0.1, -0.05) is 6.08 Å². The lowest BCUT2D eigenvalue weighted by molar-refractivity contribution is 0.0206. The first-order valence-electron chi connectivity index (χ1n) is 9.59. The third-order valence-electron chi connectivity index (χ3n) is 5.48. The highest BCUT2D eigenvalue weighted by Gasteiger charge is 2.24. The average molecular weight is 370 g/mol. The Labute approximate surface area is 159 Å². The van der Waals surface area contributed by atoms with Crippen molar-refractivity contribution in [3.8, 4) is 0 Å². The van der Waals surface area contributed by atoms with Gasteiger partial charge in [-0.25, -0.2) is 9.40 Å². The van der Waals surface area contributed by atoms with Crippen LogP contribution in [0.2, 0.25) is 0 Å². The molecule has 1 aromatic heterocycles. The smallest absolute Gasteiger partial charge is 0.123 e. The second-order valence-corrected chi connectivity index (χ2v) is 7.12. The molecule has 2 aliphatic rings. The maximum absolute atomic E-state index is 13.7. The fourth-order valence-corrected chi connectivity index (χ4v) is 4.02. The highest BCUT2D eigenvalue weighted by Crippen LogP contribution is 2.31. The fourth-order valence-electron chi connectivity index (χ4n) is 4.02. The monoisotopic (exact) mass is 370 g/mol. The molecule has 2 aromatic rings. The van der Waals surface area contributed by atoms with Crippen molar-refractivity contribution in [3.05, 3.63) is 59.3 Å². The van der Waals surface area contributed by atoms with Crippen molar-refractivity contribution >= 4 is 10.9 Å². The molecule has 0 radical (unpaired) electrons. The molecule has 0 bridgehead atoms. The number of nitrogens with zero attached hydrogens (tertiary/aromatic N) is 3. The first-order chi connectivity index (χ1) is 13.2. The van der Waals surface area contributed by atoms with E-state index in [0.29, 0.717) is 0 Å². The standard InChI is InChI=1S/C21H27FN4O/c1-3-4-17(14-23-26-9-11-27-12-10-26)25-8-7-18-19-13-16(22)5-6-20(19)24(2)21(18)15-25/h3-6,13-14,23H,7-12,15H2,1-2H3/b4-3-,17-14+. The van der Waals surface area contributed by atoms with Crippen LogP contribution in [0, 0.1) is 5.82 Å². The molecule has 1 saturated heterocycles. The maximum Gasteiger partial charge on any atom is 0.123 e.